The number of rotatable bonds is 6. The molecule has 0 aliphatic heterocycles. The summed E-state index contributed by atoms with van der Waals surface area (Å²) in [6, 6.07) is 4.03. The van der Waals surface area contributed by atoms with Gasteiger partial charge in [0.25, 0.3) is 0 Å². The zero-order chi connectivity index (χ0) is 13.6. The van der Waals surface area contributed by atoms with Gasteiger partial charge in [-0.25, -0.2) is 0 Å². The van der Waals surface area contributed by atoms with Gasteiger partial charge in [0.05, 0.1) is 19.3 Å². The number of hydrogen-bond acceptors (Lipinski definition) is 3. The van der Waals surface area contributed by atoms with Gasteiger partial charge in [-0.05, 0) is 17.7 Å². The Balaban J connectivity index is 2.77. The molecule has 1 aromatic rings. The van der Waals surface area contributed by atoms with Gasteiger partial charge in [-0.1, -0.05) is 6.07 Å². The summed E-state index contributed by atoms with van der Waals surface area (Å²) >= 11 is 0. The second-order valence-corrected chi connectivity index (χ2v) is 3.70. The lowest BCUT2D eigenvalue weighted by Gasteiger charge is -2.13. The van der Waals surface area contributed by atoms with E-state index in [1.54, 1.807) is 13.2 Å². The Hall–Kier alpha value is -1.27. The predicted molar refractivity (Wildman–Crippen MR) is 61.6 cm³/mol. The van der Waals surface area contributed by atoms with Crippen molar-refractivity contribution in [1.82, 2.24) is 5.32 Å². The van der Waals surface area contributed by atoms with Gasteiger partial charge in [-0.2, -0.15) is 13.2 Å². The number of alkyl halides is 3. The Kier molecular flexibility index (Phi) is 5.43. The zero-order valence-electron chi connectivity index (χ0n) is 10.3. The molecule has 0 amide bonds. The highest BCUT2D eigenvalue weighted by Gasteiger charge is 2.34. The molecule has 1 N–H and O–H groups in total. The molecule has 0 aromatic heterocycles. The van der Waals surface area contributed by atoms with Crippen LogP contribution in [0.3, 0.4) is 0 Å². The van der Waals surface area contributed by atoms with Crippen LogP contribution in [0.25, 0.3) is 0 Å². The van der Waals surface area contributed by atoms with E-state index in [1.807, 2.05) is 0 Å². The molecular formula is C12H16F3NO2. The van der Waals surface area contributed by atoms with Crippen LogP contribution in [0.2, 0.25) is 0 Å². The first-order valence-electron chi connectivity index (χ1n) is 5.42. The Morgan fingerprint density at radius 2 is 1.94 bits per heavy atom. The highest BCUT2D eigenvalue weighted by molar-refractivity contribution is 5.39. The van der Waals surface area contributed by atoms with Crippen LogP contribution in [0.5, 0.6) is 5.75 Å². The fraction of sp³-hybridized carbons (Fsp3) is 0.500. The predicted octanol–water partition coefficient (Wildman–Crippen LogP) is 2.45. The molecule has 0 atom stereocenters. The van der Waals surface area contributed by atoms with E-state index in [0.29, 0.717) is 25.3 Å². The van der Waals surface area contributed by atoms with E-state index in [9.17, 15) is 13.2 Å². The summed E-state index contributed by atoms with van der Waals surface area (Å²) in [5.74, 6) is -0.164. The zero-order valence-corrected chi connectivity index (χ0v) is 10.3. The van der Waals surface area contributed by atoms with Crippen LogP contribution in [0, 0.1) is 0 Å². The first-order chi connectivity index (χ1) is 8.49. The van der Waals surface area contributed by atoms with Crippen LogP contribution in [0.4, 0.5) is 13.2 Å². The van der Waals surface area contributed by atoms with Gasteiger partial charge < -0.3 is 14.8 Å². The molecule has 0 saturated carbocycles. The van der Waals surface area contributed by atoms with Crippen molar-refractivity contribution < 1.29 is 22.6 Å². The van der Waals surface area contributed by atoms with Crippen molar-refractivity contribution in [3.63, 3.8) is 0 Å². The lowest BCUT2D eigenvalue weighted by Crippen LogP contribution is -2.19. The maximum atomic E-state index is 12.7. The van der Waals surface area contributed by atoms with Gasteiger partial charge in [0.1, 0.15) is 5.75 Å². The molecule has 0 aliphatic carbocycles. The van der Waals surface area contributed by atoms with Crippen LogP contribution >= 0.6 is 0 Å². The van der Waals surface area contributed by atoms with Gasteiger partial charge in [-0.3, -0.25) is 0 Å². The van der Waals surface area contributed by atoms with Crippen LogP contribution in [0.15, 0.2) is 18.2 Å². The van der Waals surface area contributed by atoms with Crippen LogP contribution in [0.1, 0.15) is 11.1 Å². The van der Waals surface area contributed by atoms with E-state index in [2.05, 4.69) is 5.32 Å². The van der Waals surface area contributed by atoms with Crippen molar-refractivity contribution in [3.8, 4) is 5.75 Å². The third-order valence-electron chi connectivity index (χ3n) is 2.38. The highest BCUT2D eigenvalue weighted by atomic mass is 19.4. The molecular weight excluding hydrogens is 247 g/mol. The lowest BCUT2D eigenvalue weighted by molar-refractivity contribution is -0.138. The standard InChI is InChI=1S/C12H16F3NO2/c1-17-6-5-16-8-9-3-4-11(18-2)10(7-9)12(13,14)15/h3-4,7,16H,5-6,8H2,1-2H3. The third kappa shape index (κ3) is 4.19. The first-order valence-corrected chi connectivity index (χ1v) is 5.42. The average Bonchev–Trinajstić information content (AvgIpc) is 2.33. The normalized spacial score (nSPS) is 11.6. The Morgan fingerprint density at radius 1 is 1.22 bits per heavy atom. The van der Waals surface area contributed by atoms with Crippen molar-refractivity contribution in [2.45, 2.75) is 12.7 Å². The minimum absolute atomic E-state index is 0.164. The molecule has 0 spiro atoms. The molecule has 1 rings (SSSR count). The van der Waals surface area contributed by atoms with Crippen molar-refractivity contribution in [1.29, 1.82) is 0 Å². The van der Waals surface area contributed by atoms with Crippen molar-refractivity contribution in [3.05, 3.63) is 29.3 Å². The summed E-state index contributed by atoms with van der Waals surface area (Å²) in [7, 11) is 2.79. The molecule has 0 heterocycles. The van der Waals surface area contributed by atoms with Gasteiger partial charge in [0, 0.05) is 20.2 Å². The molecule has 18 heavy (non-hydrogen) atoms. The fourth-order valence-electron chi connectivity index (χ4n) is 1.49. The number of benzene rings is 1. The average molecular weight is 263 g/mol. The summed E-state index contributed by atoms with van der Waals surface area (Å²) in [6.45, 7) is 1.46. The van der Waals surface area contributed by atoms with E-state index < -0.39 is 11.7 Å². The minimum Gasteiger partial charge on any atom is -0.496 e. The van der Waals surface area contributed by atoms with E-state index in [1.165, 1.54) is 13.2 Å². The maximum Gasteiger partial charge on any atom is 0.419 e. The molecule has 1 aromatic carbocycles. The fourth-order valence-corrected chi connectivity index (χ4v) is 1.49. The second kappa shape index (κ2) is 6.61. The van der Waals surface area contributed by atoms with Gasteiger partial charge in [-0.15, -0.1) is 0 Å². The summed E-state index contributed by atoms with van der Waals surface area (Å²) in [4.78, 5) is 0. The largest absolute Gasteiger partial charge is 0.496 e. The second-order valence-electron chi connectivity index (χ2n) is 3.70. The number of hydrogen-bond donors (Lipinski definition) is 1. The van der Waals surface area contributed by atoms with Crippen LogP contribution in [-0.4, -0.2) is 27.4 Å². The van der Waals surface area contributed by atoms with Crippen LogP contribution < -0.4 is 10.1 Å². The molecule has 102 valence electrons. The Morgan fingerprint density at radius 3 is 2.50 bits per heavy atom. The summed E-state index contributed by atoms with van der Waals surface area (Å²) in [5, 5.41) is 2.99. The van der Waals surface area contributed by atoms with E-state index in [-0.39, 0.29) is 5.75 Å². The molecule has 3 nitrogen and oxygen atoms in total. The van der Waals surface area contributed by atoms with E-state index in [0.717, 1.165) is 6.07 Å². The lowest BCUT2D eigenvalue weighted by atomic mass is 10.1. The molecule has 0 unspecified atom stereocenters. The third-order valence-corrected chi connectivity index (χ3v) is 2.38. The summed E-state index contributed by atoms with van der Waals surface area (Å²) in [5.41, 5.74) is -0.199. The summed E-state index contributed by atoms with van der Waals surface area (Å²) in [6.07, 6.45) is -4.41. The van der Waals surface area contributed by atoms with Gasteiger partial charge in [0.2, 0.25) is 0 Å². The minimum atomic E-state index is -4.41. The number of halogens is 3. The molecule has 6 heteroatoms. The first kappa shape index (κ1) is 14.8. The van der Waals surface area contributed by atoms with E-state index in [4.69, 9.17) is 9.47 Å². The van der Waals surface area contributed by atoms with Crippen LogP contribution in [-0.2, 0) is 17.5 Å². The van der Waals surface area contributed by atoms with Gasteiger partial charge >= 0.3 is 6.18 Å². The quantitative estimate of drug-likeness (QED) is 0.800. The maximum absolute atomic E-state index is 12.7. The molecule has 0 fully saturated rings. The monoisotopic (exact) mass is 263 g/mol. The highest BCUT2D eigenvalue weighted by Crippen LogP contribution is 2.36. The van der Waals surface area contributed by atoms with Gasteiger partial charge in [0.15, 0.2) is 0 Å². The topological polar surface area (TPSA) is 30.5 Å². The molecule has 0 bridgehead atoms. The van der Waals surface area contributed by atoms with E-state index >= 15 is 0 Å². The number of ether oxygens (including phenoxy) is 2. The van der Waals surface area contributed by atoms with Crippen molar-refractivity contribution in [2.75, 3.05) is 27.4 Å². The number of nitrogens with one attached hydrogen (secondary N) is 1. The molecule has 0 aliphatic rings. The summed E-state index contributed by atoms with van der Waals surface area (Å²) < 4.78 is 47.8. The smallest absolute Gasteiger partial charge is 0.419 e. The Bertz CT molecular complexity index is 380. The number of methoxy groups -OCH3 is 2. The molecule has 0 saturated heterocycles. The Labute approximate surface area is 104 Å². The van der Waals surface area contributed by atoms with Crippen molar-refractivity contribution >= 4 is 0 Å². The SMILES string of the molecule is COCCNCc1ccc(OC)c(C(F)(F)F)c1. The molecule has 0 radical (unpaired) electrons. The van der Waals surface area contributed by atoms with Crippen molar-refractivity contribution in [2.24, 2.45) is 0 Å².